The smallest absolute Gasteiger partial charge is 0.0956 e. The molecule has 1 aliphatic rings. The number of hydrogen-bond acceptors (Lipinski definition) is 3. The maximum Gasteiger partial charge on any atom is 0.0956 e. The number of aliphatic hydroxyl groups excluding tert-OH is 2. The Hall–Kier alpha value is -0.610. The highest BCUT2D eigenvalue weighted by molar-refractivity contribution is 6.31. The second-order valence-electron chi connectivity index (χ2n) is 4.97. The summed E-state index contributed by atoms with van der Waals surface area (Å²) in [5.74, 6) is 0. The molecule has 0 saturated heterocycles. The second kappa shape index (κ2) is 6.02. The van der Waals surface area contributed by atoms with Gasteiger partial charge in [0, 0.05) is 23.2 Å². The summed E-state index contributed by atoms with van der Waals surface area (Å²) in [6.45, 7) is -0.0270. The lowest BCUT2D eigenvalue weighted by Gasteiger charge is -2.23. The number of aliphatic hydroxyl groups is 2. The molecule has 1 aromatic carbocycles. The van der Waals surface area contributed by atoms with Gasteiger partial charge < -0.3 is 15.9 Å². The summed E-state index contributed by atoms with van der Waals surface area (Å²) < 4.78 is 0. The summed E-state index contributed by atoms with van der Waals surface area (Å²) in [5, 5.41) is 19.6. The molecule has 0 aromatic heterocycles. The fourth-order valence-corrected chi connectivity index (χ4v) is 2.84. The minimum absolute atomic E-state index is 0.0270. The minimum Gasteiger partial charge on any atom is -0.396 e. The van der Waals surface area contributed by atoms with Crippen LogP contribution in [0.2, 0.25) is 5.02 Å². The Bertz CT molecular complexity index is 423. The highest BCUT2D eigenvalue weighted by Gasteiger charge is 2.21. The molecule has 4 N–H and O–H groups in total. The normalized spacial score (nSPS) is 18.2. The Morgan fingerprint density at radius 1 is 1.22 bits per heavy atom. The van der Waals surface area contributed by atoms with Gasteiger partial charge in [0.1, 0.15) is 0 Å². The van der Waals surface area contributed by atoms with Gasteiger partial charge in [-0.15, -0.1) is 0 Å². The SMILES string of the molecule is NC(CCO)C(O)c1cc2c(cc1Cl)CCCC2. The Morgan fingerprint density at radius 2 is 1.83 bits per heavy atom. The van der Waals surface area contributed by atoms with Gasteiger partial charge in [-0.2, -0.15) is 0 Å². The molecule has 18 heavy (non-hydrogen) atoms. The lowest BCUT2D eigenvalue weighted by atomic mass is 9.88. The molecule has 2 unspecified atom stereocenters. The molecule has 4 heteroatoms. The summed E-state index contributed by atoms with van der Waals surface area (Å²) in [5.41, 5.74) is 9.09. The van der Waals surface area contributed by atoms with Crippen LogP contribution in [0.3, 0.4) is 0 Å². The molecule has 0 aliphatic heterocycles. The van der Waals surface area contributed by atoms with E-state index in [4.69, 9.17) is 22.4 Å². The Morgan fingerprint density at radius 3 is 2.44 bits per heavy atom. The quantitative estimate of drug-likeness (QED) is 0.783. The van der Waals surface area contributed by atoms with Crippen LogP contribution in [-0.2, 0) is 12.8 Å². The summed E-state index contributed by atoms with van der Waals surface area (Å²) in [4.78, 5) is 0. The fraction of sp³-hybridized carbons (Fsp3) is 0.571. The van der Waals surface area contributed by atoms with Gasteiger partial charge in [0.15, 0.2) is 0 Å². The molecule has 0 bridgehead atoms. The summed E-state index contributed by atoms with van der Waals surface area (Å²) in [6, 6.07) is 3.47. The predicted molar refractivity (Wildman–Crippen MR) is 72.7 cm³/mol. The van der Waals surface area contributed by atoms with E-state index in [1.165, 1.54) is 24.0 Å². The molecule has 2 atom stereocenters. The number of aryl methyl sites for hydroxylation is 2. The Labute approximate surface area is 113 Å². The van der Waals surface area contributed by atoms with Crippen molar-refractivity contribution in [3.63, 3.8) is 0 Å². The monoisotopic (exact) mass is 269 g/mol. The van der Waals surface area contributed by atoms with Gasteiger partial charge in [-0.1, -0.05) is 17.7 Å². The Balaban J connectivity index is 2.27. The van der Waals surface area contributed by atoms with Crippen molar-refractivity contribution in [2.75, 3.05) is 6.61 Å². The molecule has 1 aromatic rings. The number of halogens is 1. The van der Waals surface area contributed by atoms with Gasteiger partial charge in [0.2, 0.25) is 0 Å². The zero-order valence-electron chi connectivity index (χ0n) is 10.4. The van der Waals surface area contributed by atoms with Crippen LogP contribution in [0, 0.1) is 0 Å². The number of rotatable bonds is 4. The van der Waals surface area contributed by atoms with Crippen molar-refractivity contribution < 1.29 is 10.2 Å². The highest BCUT2D eigenvalue weighted by atomic mass is 35.5. The number of benzene rings is 1. The third-order valence-electron chi connectivity index (χ3n) is 3.65. The van der Waals surface area contributed by atoms with Gasteiger partial charge in [-0.05, 0) is 49.3 Å². The van der Waals surface area contributed by atoms with E-state index >= 15 is 0 Å². The summed E-state index contributed by atoms with van der Waals surface area (Å²) in [6.07, 6.45) is 4.06. The maximum atomic E-state index is 10.2. The molecule has 0 radical (unpaired) electrons. The van der Waals surface area contributed by atoms with E-state index in [1.54, 1.807) is 0 Å². The minimum atomic E-state index is -0.808. The lowest BCUT2D eigenvalue weighted by molar-refractivity contribution is 0.129. The van der Waals surface area contributed by atoms with Crippen LogP contribution in [0.1, 0.15) is 42.1 Å². The fourth-order valence-electron chi connectivity index (χ4n) is 2.54. The molecule has 0 heterocycles. The van der Waals surface area contributed by atoms with Crippen molar-refractivity contribution >= 4 is 11.6 Å². The second-order valence-corrected chi connectivity index (χ2v) is 5.38. The molecule has 100 valence electrons. The van der Waals surface area contributed by atoms with Crippen molar-refractivity contribution in [1.82, 2.24) is 0 Å². The van der Waals surface area contributed by atoms with Crippen molar-refractivity contribution in [2.24, 2.45) is 5.73 Å². The van der Waals surface area contributed by atoms with Crippen LogP contribution in [-0.4, -0.2) is 22.9 Å². The standard InChI is InChI=1S/C14H20ClNO2/c15-12-8-10-4-2-1-3-9(10)7-11(12)14(18)13(16)5-6-17/h7-8,13-14,17-18H,1-6,16H2. The van der Waals surface area contributed by atoms with Crippen LogP contribution in [0.4, 0.5) is 0 Å². The first kappa shape index (κ1) is 13.8. The van der Waals surface area contributed by atoms with E-state index in [0.29, 0.717) is 17.0 Å². The van der Waals surface area contributed by atoms with E-state index in [0.717, 1.165) is 12.8 Å². The molecule has 2 rings (SSSR count). The Kier molecular flexibility index (Phi) is 4.62. The first-order valence-corrected chi connectivity index (χ1v) is 6.87. The van der Waals surface area contributed by atoms with Gasteiger partial charge in [-0.25, -0.2) is 0 Å². The zero-order chi connectivity index (χ0) is 13.1. The van der Waals surface area contributed by atoms with Crippen LogP contribution in [0.5, 0.6) is 0 Å². The van der Waals surface area contributed by atoms with Crippen molar-refractivity contribution in [3.8, 4) is 0 Å². The predicted octanol–water partition coefficient (Wildman–Crippen LogP) is 1.96. The molecular formula is C14H20ClNO2. The molecule has 0 saturated carbocycles. The number of fused-ring (bicyclic) bond motifs is 1. The molecule has 1 aliphatic carbocycles. The molecule has 0 amide bonds. The van der Waals surface area contributed by atoms with Gasteiger partial charge >= 0.3 is 0 Å². The van der Waals surface area contributed by atoms with Crippen LogP contribution in [0.25, 0.3) is 0 Å². The first-order valence-electron chi connectivity index (χ1n) is 6.49. The molecule has 0 spiro atoms. The maximum absolute atomic E-state index is 10.2. The van der Waals surface area contributed by atoms with Crippen LogP contribution >= 0.6 is 11.6 Å². The van der Waals surface area contributed by atoms with Crippen molar-refractivity contribution in [2.45, 2.75) is 44.2 Å². The topological polar surface area (TPSA) is 66.5 Å². The number of nitrogens with two attached hydrogens (primary N) is 1. The third kappa shape index (κ3) is 2.86. The van der Waals surface area contributed by atoms with Gasteiger partial charge in [0.05, 0.1) is 6.10 Å². The van der Waals surface area contributed by atoms with Gasteiger partial charge in [-0.3, -0.25) is 0 Å². The van der Waals surface area contributed by atoms with E-state index in [9.17, 15) is 5.11 Å². The van der Waals surface area contributed by atoms with Crippen molar-refractivity contribution in [3.05, 3.63) is 33.8 Å². The average molecular weight is 270 g/mol. The van der Waals surface area contributed by atoms with Crippen LogP contribution < -0.4 is 5.73 Å². The average Bonchev–Trinajstić information content (AvgIpc) is 2.37. The first-order chi connectivity index (χ1) is 8.63. The molecule has 3 nitrogen and oxygen atoms in total. The van der Waals surface area contributed by atoms with Crippen molar-refractivity contribution in [1.29, 1.82) is 0 Å². The van der Waals surface area contributed by atoms with Crippen LogP contribution in [0.15, 0.2) is 12.1 Å². The van der Waals surface area contributed by atoms with E-state index in [2.05, 4.69) is 0 Å². The largest absolute Gasteiger partial charge is 0.396 e. The third-order valence-corrected chi connectivity index (χ3v) is 3.98. The highest BCUT2D eigenvalue weighted by Crippen LogP contribution is 2.32. The molecular weight excluding hydrogens is 250 g/mol. The summed E-state index contributed by atoms with van der Waals surface area (Å²) in [7, 11) is 0. The van der Waals surface area contributed by atoms with E-state index in [1.807, 2.05) is 12.1 Å². The van der Waals surface area contributed by atoms with E-state index in [-0.39, 0.29) is 6.61 Å². The van der Waals surface area contributed by atoms with E-state index < -0.39 is 12.1 Å². The lowest BCUT2D eigenvalue weighted by Crippen LogP contribution is -2.29. The molecule has 0 fully saturated rings. The summed E-state index contributed by atoms with van der Waals surface area (Å²) >= 11 is 6.22. The zero-order valence-corrected chi connectivity index (χ0v) is 11.2. The van der Waals surface area contributed by atoms with Gasteiger partial charge in [0.25, 0.3) is 0 Å². The number of hydrogen-bond donors (Lipinski definition) is 3.